The molecule has 0 aromatic heterocycles. The van der Waals surface area contributed by atoms with Crippen LogP contribution >= 0.6 is 0 Å². The molecule has 0 heterocycles. The Hall–Kier alpha value is -1.76. The first-order valence-electron chi connectivity index (χ1n) is 6.90. The van der Waals surface area contributed by atoms with E-state index in [-0.39, 0.29) is 17.6 Å². The molecule has 7 heteroatoms. The predicted octanol–water partition coefficient (Wildman–Crippen LogP) is 3.22. The van der Waals surface area contributed by atoms with Crippen LogP contribution in [0, 0.1) is 5.92 Å². The van der Waals surface area contributed by atoms with Crippen molar-refractivity contribution in [2.75, 3.05) is 20.2 Å². The normalized spacial score (nSPS) is 13.0. The first-order chi connectivity index (χ1) is 10.2. The van der Waals surface area contributed by atoms with Gasteiger partial charge in [0.1, 0.15) is 5.75 Å². The number of nitrogens with zero attached hydrogens (tertiary/aromatic N) is 1. The van der Waals surface area contributed by atoms with Crippen molar-refractivity contribution in [2.45, 2.75) is 26.8 Å². The van der Waals surface area contributed by atoms with Crippen LogP contribution in [-0.2, 0) is 16.1 Å². The Morgan fingerprint density at radius 1 is 1.27 bits per heavy atom. The van der Waals surface area contributed by atoms with E-state index in [1.165, 1.54) is 19.2 Å². The second-order valence-electron chi connectivity index (χ2n) is 4.94. The van der Waals surface area contributed by atoms with Crippen LogP contribution < -0.4 is 4.74 Å². The highest BCUT2D eigenvalue weighted by Gasteiger charge is 2.30. The first-order valence-corrected chi connectivity index (χ1v) is 6.90. The SMILES string of the molecule is CCN(Cc1ccc(OC(F)(F)F)cc1)CC(C)C(=O)OC. The molecule has 1 rings (SSSR count). The van der Waals surface area contributed by atoms with Gasteiger partial charge >= 0.3 is 12.3 Å². The molecule has 0 bridgehead atoms. The Balaban J connectivity index is 2.62. The molecule has 0 saturated carbocycles. The average Bonchev–Trinajstić information content (AvgIpc) is 2.45. The summed E-state index contributed by atoms with van der Waals surface area (Å²) in [5.41, 5.74) is 0.841. The van der Waals surface area contributed by atoms with Gasteiger partial charge in [-0.3, -0.25) is 9.69 Å². The van der Waals surface area contributed by atoms with E-state index < -0.39 is 6.36 Å². The van der Waals surface area contributed by atoms with Crippen LogP contribution in [0.2, 0.25) is 0 Å². The van der Waals surface area contributed by atoms with Gasteiger partial charge in [0.2, 0.25) is 0 Å². The van der Waals surface area contributed by atoms with Crippen molar-refractivity contribution in [3.05, 3.63) is 29.8 Å². The molecular weight excluding hydrogens is 299 g/mol. The van der Waals surface area contributed by atoms with Gasteiger partial charge in [0.25, 0.3) is 0 Å². The van der Waals surface area contributed by atoms with Crippen molar-refractivity contribution in [1.29, 1.82) is 0 Å². The minimum Gasteiger partial charge on any atom is -0.469 e. The monoisotopic (exact) mass is 319 g/mol. The van der Waals surface area contributed by atoms with Crippen LogP contribution in [0.1, 0.15) is 19.4 Å². The molecule has 1 unspecified atom stereocenters. The smallest absolute Gasteiger partial charge is 0.469 e. The number of methoxy groups -OCH3 is 1. The van der Waals surface area contributed by atoms with E-state index in [0.717, 1.165) is 5.56 Å². The number of carbonyl (C=O) groups excluding carboxylic acids is 1. The van der Waals surface area contributed by atoms with Gasteiger partial charge in [-0.15, -0.1) is 13.2 Å². The van der Waals surface area contributed by atoms with Crippen LogP contribution in [0.15, 0.2) is 24.3 Å². The number of rotatable bonds is 7. The molecule has 0 N–H and O–H groups in total. The largest absolute Gasteiger partial charge is 0.573 e. The summed E-state index contributed by atoms with van der Waals surface area (Å²) in [6.45, 7) is 5.48. The zero-order valence-corrected chi connectivity index (χ0v) is 12.8. The lowest BCUT2D eigenvalue weighted by Crippen LogP contribution is -2.32. The molecular formula is C15H20F3NO3. The molecule has 0 aliphatic rings. The average molecular weight is 319 g/mol. The fourth-order valence-corrected chi connectivity index (χ4v) is 2.02. The zero-order chi connectivity index (χ0) is 16.8. The van der Waals surface area contributed by atoms with Gasteiger partial charge in [0, 0.05) is 13.1 Å². The van der Waals surface area contributed by atoms with Gasteiger partial charge in [-0.2, -0.15) is 0 Å². The Morgan fingerprint density at radius 3 is 2.32 bits per heavy atom. The lowest BCUT2D eigenvalue weighted by Gasteiger charge is -2.23. The number of hydrogen-bond acceptors (Lipinski definition) is 4. The van der Waals surface area contributed by atoms with Crippen molar-refractivity contribution in [2.24, 2.45) is 5.92 Å². The van der Waals surface area contributed by atoms with Crippen molar-refractivity contribution in [3.63, 3.8) is 0 Å². The zero-order valence-electron chi connectivity index (χ0n) is 12.8. The third-order valence-electron chi connectivity index (χ3n) is 3.15. The highest BCUT2D eigenvalue weighted by Crippen LogP contribution is 2.23. The fraction of sp³-hybridized carbons (Fsp3) is 0.533. The number of halogens is 3. The number of esters is 1. The molecule has 124 valence electrons. The van der Waals surface area contributed by atoms with Gasteiger partial charge in [-0.25, -0.2) is 0 Å². The molecule has 1 aromatic carbocycles. The summed E-state index contributed by atoms with van der Waals surface area (Å²) in [5.74, 6) is -0.799. The Kier molecular flexibility index (Phi) is 6.67. The highest BCUT2D eigenvalue weighted by molar-refractivity contribution is 5.72. The van der Waals surface area contributed by atoms with Crippen LogP contribution in [0.25, 0.3) is 0 Å². The number of alkyl halides is 3. The van der Waals surface area contributed by atoms with Crippen LogP contribution in [0.5, 0.6) is 5.75 Å². The summed E-state index contributed by atoms with van der Waals surface area (Å²) >= 11 is 0. The molecule has 0 amide bonds. The molecule has 0 spiro atoms. The Labute approximate surface area is 127 Å². The summed E-state index contributed by atoms with van der Waals surface area (Å²) in [7, 11) is 1.34. The number of benzene rings is 1. The number of ether oxygens (including phenoxy) is 2. The van der Waals surface area contributed by atoms with Crippen molar-refractivity contribution < 1.29 is 27.4 Å². The van der Waals surface area contributed by atoms with E-state index in [1.807, 2.05) is 11.8 Å². The second kappa shape index (κ2) is 8.03. The van der Waals surface area contributed by atoms with Crippen LogP contribution in [0.3, 0.4) is 0 Å². The van der Waals surface area contributed by atoms with Gasteiger partial charge in [0.05, 0.1) is 13.0 Å². The molecule has 0 aliphatic carbocycles. The summed E-state index contributed by atoms with van der Waals surface area (Å²) < 4.78 is 44.8. The van der Waals surface area contributed by atoms with Gasteiger partial charge in [0.15, 0.2) is 0 Å². The van der Waals surface area contributed by atoms with Crippen LogP contribution in [0.4, 0.5) is 13.2 Å². The van der Waals surface area contributed by atoms with Crippen molar-refractivity contribution >= 4 is 5.97 Å². The third kappa shape index (κ3) is 6.34. The lowest BCUT2D eigenvalue weighted by molar-refractivity contribution is -0.274. The lowest BCUT2D eigenvalue weighted by atomic mass is 10.1. The van der Waals surface area contributed by atoms with Crippen molar-refractivity contribution in [3.8, 4) is 5.75 Å². The Bertz CT molecular complexity index is 474. The minimum absolute atomic E-state index is 0.248. The summed E-state index contributed by atoms with van der Waals surface area (Å²) in [5, 5.41) is 0. The first kappa shape index (κ1) is 18.3. The minimum atomic E-state index is -4.69. The maximum Gasteiger partial charge on any atom is 0.573 e. The second-order valence-corrected chi connectivity index (χ2v) is 4.94. The van der Waals surface area contributed by atoms with Gasteiger partial charge < -0.3 is 9.47 Å². The standard InChI is InChI=1S/C15H20F3NO3/c1-4-19(9-11(2)14(20)21-3)10-12-5-7-13(8-6-12)22-15(16,17)18/h5-8,11H,4,9-10H2,1-3H3. The predicted molar refractivity (Wildman–Crippen MR) is 75.3 cm³/mol. The topological polar surface area (TPSA) is 38.8 Å². The number of carbonyl (C=O) groups is 1. The summed E-state index contributed by atoms with van der Waals surface area (Å²) in [6.07, 6.45) is -4.69. The Morgan fingerprint density at radius 2 is 1.86 bits per heavy atom. The van der Waals surface area contributed by atoms with Gasteiger partial charge in [-0.1, -0.05) is 26.0 Å². The van der Waals surface area contributed by atoms with E-state index in [2.05, 4.69) is 9.47 Å². The summed E-state index contributed by atoms with van der Waals surface area (Å²) in [6, 6.07) is 5.71. The molecule has 1 aromatic rings. The molecule has 1 atom stereocenters. The molecule has 0 fully saturated rings. The molecule has 0 aliphatic heterocycles. The van der Waals surface area contributed by atoms with E-state index in [9.17, 15) is 18.0 Å². The van der Waals surface area contributed by atoms with Crippen LogP contribution in [-0.4, -0.2) is 37.4 Å². The molecule has 0 radical (unpaired) electrons. The number of hydrogen-bond donors (Lipinski definition) is 0. The molecule has 0 saturated heterocycles. The van der Waals surface area contributed by atoms with E-state index in [0.29, 0.717) is 19.6 Å². The van der Waals surface area contributed by atoms with E-state index in [4.69, 9.17) is 0 Å². The van der Waals surface area contributed by atoms with Crippen molar-refractivity contribution in [1.82, 2.24) is 4.90 Å². The third-order valence-corrected chi connectivity index (χ3v) is 3.15. The van der Waals surface area contributed by atoms with E-state index >= 15 is 0 Å². The summed E-state index contributed by atoms with van der Waals surface area (Å²) in [4.78, 5) is 13.4. The molecule has 4 nitrogen and oxygen atoms in total. The van der Waals surface area contributed by atoms with E-state index in [1.54, 1.807) is 19.1 Å². The maximum absolute atomic E-state index is 12.1. The quantitative estimate of drug-likeness (QED) is 0.723. The maximum atomic E-state index is 12.1. The van der Waals surface area contributed by atoms with Gasteiger partial charge in [-0.05, 0) is 24.2 Å². The fourth-order valence-electron chi connectivity index (χ4n) is 2.02. The highest BCUT2D eigenvalue weighted by atomic mass is 19.4. The molecule has 22 heavy (non-hydrogen) atoms.